The summed E-state index contributed by atoms with van der Waals surface area (Å²) in [6.07, 6.45) is 3.21. The summed E-state index contributed by atoms with van der Waals surface area (Å²) in [7, 11) is 0. The first-order valence-corrected chi connectivity index (χ1v) is 9.93. The van der Waals surface area contributed by atoms with Crippen molar-refractivity contribution in [2.24, 2.45) is 5.92 Å². The number of hydrogen-bond acceptors (Lipinski definition) is 5. The van der Waals surface area contributed by atoms with Crippen LogP contribution < -0.4 is 14.8 Å². The summed E-state index contributed by atoms with van der Waals surface area (Å²) in [5, 5.41) is 11.8. The Morgan fingerprint density at radius 3 is 2.81 bits per heavy atom. The van der Waals surface area contributed by atoms with Crippen LogP contribution in [0.1, 0.15) is 38.7 Å². The van der Waals surface area contributed by atoms with E-state index in [9.17, 15) is 4.79 Å². The van der Waals surface area contributed by atoms with Crippen LogP contribution in [0.2, 0.25) is 0 Å². The van der Waals surface area contributed by atoms with Gasteiger partial charge in [-0.15, -0.1) is 0 Å². The molecule has 1 fully saturated rings. The van der Waals surface area contributed by atoms with E-state index in [1.165, 1.54) is 0 Å². The van der Waals surface area contributed by atoms with Crippen molar-refractivity contribution in [1.82, 2.24) is 10.2 Å². The predicted octanol–water partition coefficient (Wildman–Crippen LogP) is 2.77. The van der Waals surface area contributed by atoms with Gasteiger partial charge in [-0.05, 0) is 57.4 Å². The van der Waals surface area contributed by atoms with Crippen LogP contribution in [0, 0.1) is 17.2 Å². The number of rotatable bonds is 10. The summed E-state index contributed by atoms with van der Waals surface area (Å²) < 4.78 is 11.2. The van der Waals surface area contributed by atoms with Crippen LogP contribution in [0.25, 0.3) is 0 Å². The van der Waals surface area contributed by atoms with Crippen LogP contribution in [-0.4, -0.2) is 50.2 Å². The number of nitrogens with one attached hydrogen (secondary N) is 1. The fraction of sp³-hybridized carbons (Fsp3) is 0.619. The minimum atomic E-state index is 0.0248. The van der Waals surface area contributed by atoms with E-state index < -0.39 is 0 Å². The van der Waals surface area contributed by atoms with Crippen molar-refractivity contribution in [3.8, 4) is 17.6 Å². The molecule has 0 bridgehead atoms. The van der Waals surface area contributed by atoms with Crippen LogP contribution in [0.4, 0.5) is 0 Å². The molecule has 0 aromatic heterocycles. The second-order valence-electron chi connectivity index (χ2n) is 6.74. The Labute approximate surface area is 162 Å². The maximum absolute atomic E-state index is 12.5. The van der Waals surface area contributed by atoms with Gasteiger partial charge in [0.2, 0.25) is 5.91 Å². The van der Waals surface area contributed by atoms with Gasteiger partial charge in [-0.3, -0.25) is 4.79 Å². The summed E-state index contributed by atoms with van der Waals surface area (Å²) in [6, 6.07) is 8.11. The predicted molar refractivity (Wildman–Crippen MR) is 105 cm³/mol. The van der Waals surface area contributed by atoms with Crippen LogP contribution in [0.15, 0.2) is 18.2 Å². The van der Waals surface area contributed by atoms with E-state index in [2.05, 4.69) is 16.3 Å². The molecule has 27 heavy (non-hydrogen) atoms. The SMILES string of the molecule is CCOc1ccc(CCNC(=O)C2CCCN(CCC#N)C2)cc1OCC. The van der Waals surface area contributed by atoms with E-state index in [-0.39, 0.29) is 11.8 Å². The number of piperidine rings is 1. The fourth-order valence-electron chi connectivity index (χ4n) is 3.41. The first-order chi connectivity index (χ1) is 13.2. The average Bonchev–Trinajstić information content (AvgIpc) is 2.68. The molecule has 6 nitrogen and oxygen atoms in total. The lowest BCUT2D eigenvalue weighted by Gasteiger charge is -2.31. The molecule has 1 aromatic rings. The number of amides is 1. The van der Waals surface area contributed by atoms with Gasteiger partial charge in [-0.2, -0.15) is 5.26 Å². The zero-order valence-corrected chi connectivity index (χ0v) is 16.5. The molecule has 1 heterocycles. The highest BCUT2D eigenvalue weighted by Crippen LogP contribution is 2.28. The second-order valence-corrected chi connectivity index (χ2v) is 6.74. The molecule has 1 saturated heterocycles. The lowest BCUT2D eigenvalue weighted by molar-refractivity contribution is -0.126. The van der Waals surface area contributed by atoms with Gasteiger partial charge in [0.15, 0.2) is 11.5 Å². The Bertz CT molecular complexity index is 642. The number of carbonyl (C=O) groups excluding carboxylic acids is 1. The Hall–Kier alpha value is -2.26. The van der Waals surface area contributed by atoms with E-state index in [1.807, 2.05) is 32.0 Å². The molecule has 1 N–H and O–H groups in total. The average molecular weight is 373 g/mol. The maximum Gasteiger partial charge on any atom is 0.224 e. The summed E-state index contributed by atoms with van der Waals surface area (Å²) in [6.45, 7) is 8.19. The first-order valence-electron chi connectivity index (χ1n) is 9.93. The quantitative estimate of drug-likeness (QED) is 0.683. The molecule has 6 heteroatoms. The Balaban J connectivity index is 1.82. The molecule has 0 spiro atoms. The van der Waals surface area contributed by atoms with Gasteiger partial charge >= 0.3 is 0 Å². The topological polar surface area (TPSA) is 74.6 Å². The zero-order valence-electron chi connectivity index (χ0n) is 16.5. The molecule has 1 atom stereocenters. The molecule has 148 valence electrons. The molecule has 1 amide bonds. The number of nitrogens with zero attached hydrogens (tertiary/aromatic N) is 2. The number of ether oxygens (including phenoxy) is 2. The molecule has 0 saturated carbocycles. The van der Waals surface area contributed by atoms with Crippen LogP contribution in [0.3, 0.4) is 0 Å². The van der Waals surface area contributed by atoms with Crippen LogP contribution >= 0.6 is 0 Å². The largest absolute Gasteiger partial charge is 0.490 e. The van der Waals surface area contributed by atoms with Crippen LogP contribution in [-0.2, 0) is 11.2 Å². The van der Waals surface area contributed by atoms with Gasteiger partial charge in [0.1, 0.15) is 0 Å². The van der Waals surface area contributed by atoms with Crippen molar-refractivity contribution in [2.45, 2.75) is 39.5 Å². The third-order valence-electron chi connectivity index (χ3n) is 4.74. The number of likely N-dealkylation sites (tertiary alicyclic amines) is 1. The highest BCUT2D eigenvalue weighted by molar-refractivity contribution is 5.79. The van der Waals surface area contributed by atoms with Crippen LogP contribution in [0.5, 0.6) is 11.5 Å². The van der Waals surface area contributed by atoms with E-state index in [0.29, 0.717) is 26.2 Å². The summed E-state index contributed by atoms with van der Waals surface area (Å²) in [5.41, 5.74) is 1.11. The normalized spacial score (nSPS) is 17.1. The van der Waals surface area contributed by atoms with Crippen molar-refractivity contribution < 1.29 is 14.3 Å². The van der Waals surface area contributed by atoms with Gasteiger partial charge in [0.25, 0.3) is 0 Å². The number of nitriles is 1. The zero-order chi connectivity index (χ0) is 19.5. The van der Waals surface area contributed by atoms with E-state index in [1.54, 1.807) is 0 Å². The Kier molecular flexibility index (Phi) is 8.93. The monoisotopic (exact) mass is 373 g/mol. The Morgan fingerprint density at radius 1 is 1.30 bits per heavy atom. The third-order valence-corrected chi connectivity index (χ3v) is 4.74. The molecular weight excluding hydrogens is 342 g/mol. The fourth-order valence-corrected chi connectivity index (χ4v) is 3.41. The standard InChI is InChI=1S/C21H31N3O3/c1-3-26-19-9-8-17(15-20(19)27-4-2)10-12-23-21(25)18-7-5-13-24(16-18)14-6-11-22/h8-9,15,18H,3-7,10,12-14,16H2,1-2H3,(H,23,25). The van der Waals surface area contributed by atoms with Gasteiger partial charge in [-0.25, -0.2) is 0 Å². The van der Waals surface area contributed by atoms with Crippen molar-refractivity contribution in [1.29, 1.82) is 5.26 Å². The summed E-state index contributed by atoms with van der Waals surface area (Å²) >= 11 is 0. The maximum atomic E-state index is 12.5. The minimum absolute atomic E-state index is 0.0248. The molecule has 0 aliphatic carbocycles. The van der Waals surface area contributed by atoms with Gasteiger partial charge in [0, 0.05) is 26.1 Å². The molecule has 2 rings (SSSR count). The smallest absolute Gasteiger partial charge is 0.224 e. The van der Waals surface area contributed by atoms with Crippen molar-refractivity contribution in [2.75, 3.05) is 39.4 Å². The van der Waals surface area contributed by atoms with Gasteiger partial charge in [0.05, 0.1) is 25.2 Å². The highest BCUT2D eigenvalue weighted by atomic mass is 16.5. The van der Waals surface area contributed by atoms with Gasteiger partial charge < -0.3 is 19.7 Å². The van der Waals surface area contributed by atoms with E-state index in [0.717, 1.165) is 56.0 Å². The molecule has 1 aliphatic rings. The van der Waals surface area contributed by atoms with Gasteiger partial charge in [-0.1, -0.05) is 6.07 Å². The summed E-state index contributed by atoms with van der Waals surface area (Å²) in [5.74, 6) is 1.65. The lowest BCUT2D eigenvalue weighted by atomic mass is 9.97. The lowest BCUT2D eigenvalue weighted by Crippen LogP contribution is -2.43. The number of benzene rings is 1. The Morgan fingerprint density at radius 2 is 2.07 bits per heavy atom. The molecule has 1 aromatic carbocycles. The van der Waals surface area contributed by atoms with Crippen molar-refractivity contribution >= 4 is 5.91 Å². The van der Waals surface area contributed by atoms with E-state index in [4.69, 9.17) is 14.7 Å². The first kappa shape index (κ1) is 21.0. The molecule has 1 unspecified atom stereocenters. The summed E-state index contributed by atoms with van der Waals surface area (Å²) in [4.78, 5) is 14.7. The highest BCUT2D eigenvalue weighted by Gasteiger charge is 2.25. The van der Waals surface area contributed by atoms with E-state index >= 15 is 0 Å². The number of carbonyl (C=O) groups is 1. The second kappa shape index (κ2) is 11.5. The third kappa shape index (κ3) is 6.76. The minimum Gasteiger partial charge on any atom is -0.490 e. The van der Waals surface area contributed by atoms with Crippen molar-refractivity contribution in [3.05, 3.63) is 23.8 Å². The molecule has 0 radical (unpaired) electrons. The number of hydrogen-bond donors (Lipinski definition) is 1. The molecule has 1 aliphatic heterocycles. The van der Waals surface area contributed by atoms with Crippen molar-refractivity contribution in [3.63, 3.8) is 0 Å². The molecular formula is C21H31N3O3.